The number of anilines is 3. The fraction of sp³-hybridized carbons (Fsp3) is 0.556. The van der Waals surface area contributed by atoms with E-state index in [2.05, 4.69) is 39.2 Å². The van der Waals surface area contributed by atoms with E-state index in [1.807, 2.05) is 12.1 Å². The molecule has 2 aromatic rings. The first-order valence-electron chi connectivity index (χ1n) is 13.3. The zero-order chi connectivity index (χ0) is 27.9. The third-order valence-corrected chi connectivity index (χ3v) is 8.40. The number of nitrogens with zero attached hydrogens (tertiary/aromatic N) is 5. The summed E-state index contributed by atoms with van der Waals surface area (Å²) in [5.41, 5.74) is 7.56. The van der Waals surface area contributed by atoms with E-state index in [9.17, 15) is 22.8 Å². The number of benzene rings is 1. The van der Waals surface area contributed by atoms with Gasteiger partial charge in [-0.05, 0) is 68.3 Å². The second kappa shape index (κ2) is 10.3. The Hall–Kier alpha value is -3.41. The number of alkyl halides is 3. The Morgan fingerprint density at radius 2 is 1.77 bits per heavy atom. The lowest BCUT2D eigenvalue weighted by molar-refractivity contribution is -0.184. The quantitative estimate of drug-likeness (QED) is 0.549. The lowest BCUT2D eigenvalue weighted by Crippen LogP contribution is -2.42. The fourth-order valence-corrected chi connectivity index (χ4v) is 5.63. The molecule has 2 amide bonds. The second-order valence-corrected chi connectivity index (χ2v) is 11.1. The predicted molar refractivity (Wildman–Crippen MR) is 141 cm³/mol. The number of hydrogen-bond donors (Lipinski definition) is 2. The molecule has 0 radical (unpaired) electrons. The molecule has 1 atom stereocenters. The van der Waals surface area contributed by atoms with Crippen LogP contribution in [0.4, 0.5) is 30.5 Å². The summed E-state index contributed by atoms with van der Waals surface area (Å²) in [5.74, 6) is -2.10. The van der Waals surface area contributed by atoms with Crippen LogP contribution in [0.3, 0.4) is 0 Å². The van der Waals surface area contributed by atoms with Crippen LogP contribution in [0, 0.1) is 0 Å². The zero-order valence-corrected chi connectivity index (χ0v) is 22.2. The molecule has 3 fully saturated rings. The number of nitrogens with one attached hydrogen (secondary N) is 1. The van der Waals surface area contributed by atoms with Crippen LogP contribution in [-0.4, -0.2) is 83.1 Å². The molecule has 1 aromatic carbocycles. The van der Waals surface area contributed by atoms with Gasteiger partial charge in [-0.3, -0.25) is 9.59 Å². The Kier molecular flexibility index (Phi) is 7.17. The number of rotatable bonds is 7. The van der Waals surface area contributed by atoms with Crippen LogP contribution in [0.5, 0.6) is 0 Å². The fourth-order valence-electron chi connectivity index (χ4n) is 5.63. The summed E-state index contributed by atoms with van der Waals surface area (Å²) in [7, 11) is 1.67. The Morgan fingerprint density at radius 1 is 1.10 bits per heavy atom. The molecule has 3 heterocycles. The number of hydrogen-bond acceptors (Lipinski definition) is 7. The number of likely N-dealkylation sites (tertiary alicyclic amines) is 2. The lowest BCUT2D eigenvalue weighted by Gasteiger charge is -2.40. The van der Waals surface area contributed by atoms with Gasteiger partial charge < -0.3 is 25.8 Å². The number of carbonyl (C=O) groups excluding carboxylic acids is 2. The van der Waals surface area contributed by atoms with Crippen LogP contribution in [0.2, 0.25) is 0 Å². The summed E-state index contributed by atoms with van der Waals surface area (Å²) >= 11 is 0. The zero-order valence-electron chi connectivity index (χ0n) is 22.2. The van der Waals surface area contributed by atoms with Gasteiger partial charge in [0.15, 0.2) is 11.5 Å². The molecule has 0 unspecified atom stereocenters. The first kappa shape index (κ1) is 27.2. The van der Waals surface area contributed by atoms with Gasteiger partial charge in [0.2, 0.25) is 0 Å². The van der Waals surface area contributed by atoms with Crippen molar-refractivity contribution in [3.05, 3.63) is 41.7 Å². The van der Waals surface area contributed by atoms with Crippen molar-refractivity contribution >= 4 is 29.1 Å². The van der Waals surface area contributed by atoms with E-state index in [4.69, 9.17) is 5.73 Å². The van der Waals surface area contributed by atoms with Gasteiger partial charge in [0.1, 0.15) is 5.82 Å². The molecule has 2 saturated heterocycles. The van der Waals surface area contributed by atoms with Crippen LogP contribution < -0.4 is 16.0 Å². The molecular weight excluding hydrogens is 511 g/mol. The Balaban J connectivity index is 1.29. The third-order valence-electron chi connectivity index (χ3n) is 8.40. The number of halogens is 3. The third kappa shape index (κ3) is 5.80. The normalized spacial score (nSPS) is 21.6. The van der Waals surface area contributed by atoms with Crippen molar-refractivity contribution in [3.63, 3.8) is 0 Å². The molecule has 3 aliphatic rings. The van der Waals surface area contributed by atoms with Crippen molar-refractivity contribution in [2.24, 2.45) is 5.73 Å². The number of primary amides is 1. The maximum Gasteiger partial charge on any atom is 0.471 e. The van der Waals surface area contributed by atoms with E-state index in [1.165, 1.54) is 24.6 Å². The van der Waals surface area contributed by atoms with Gasteiger partial charge in [-0.25, -0.2) is 9.97 Å². The number of carbonyl (C=O) groups is 2. The molecule has 2 aliphatic heterocycles. The standard InChI is InChI=1S/C27H34F3N7O2/c1-26(10-13-36(14-11-26)19-7-8-19)17-3-5-18(6-4-17)33-24-22(23(31)38)32-15-21(34-24)35(2)20-9-12-37(16-20)25(39)27(28,29)30/h3-6,15,19-20H,7-14,16H2,1-2H3,(H2,31,38)(H,33,34)/t20-/m1/s1. The SMILES string of the molecule is CN(c1cnc(C(N)=O)c(Nc2ccc(C3(C)CCN(C4CC4)CC3)cc2)n1)[C@@H]1CCN(C(=O)C(F)(F)F)C1. The topological polar surface area (TPSA) is 108 Å². The van der Waals surface area contributed by atoms with E-state index in [1.54, 1.807) is 11.9 Å². The van der Waals surface area contributed by atoms with Crippen LogP contribution in [0.1, 0.15) is 55.1 Å². The molecule has 1 aliphatic carbocycles. The first-order valence-corrected chi connectivity index (χ1v) is 13.3. The monoisotopic (exact) mass is 545 g/mol. The van der Waals surface area contributed by atoms with Gasteiger partial charge in [0.05, 0.1) is 6.20 Å². The molecule has 12 heteroatoms. The molecule has 3 N–H and O–H groups in total. The predicted octanol–water partition coefficient (Wildman–Crippen LogP) is 3.43. The highest BCUT2D eigenvalue weighted by Gasteiger charge is 2.45. The summed E-state index contributed by atoms with van der Waals surface area (Å²) in [6, 6.07) is 8.46. The van der Waals surface area contributed by atoms with Crippen molar-refractivity contribution in [1.29, 1.82) is 0 Å². The largest absolute Gasteiger partial charge is 0.471 e. The molecule has 9 nitrogen and oxygen atoms in total. The first-order chi connectivity index (χ1) is 18.4. The molecule has 39 heavy (non-hydrogen) atoms. The summed E-state index contributed by atoms with van der Waals surface area (Å²) in [4.78, 5) is 37.5. The average molecular weight is 546 g/mol. The number of nitrogens with two attached hydrogens (primary N) is 1. The second-order valence-electron chi connectivity index (χ2n) is 11.1. The maximum atomic E-state index is 12.8. The maximum absolute atomic E-state index is 12.8. The highest BCUT2D eigenvalue weighted by Crippen LogP contribution is 2.39. The molecule has 1 aromatic heterocycles. The number of amides is 2. The summed E-state index contributed by atoms with van der Waals surface area (Å²) in [5, 5.41) is 3.14. The van der Waals surface area contributed by atoms with E-state index < -0.39 is 18.0 Å². The van der Waals surface area contributed by atoms with Crippen LogP contribution >= 0.6 is 0 Å². The van der Waals surface area contributed by atoms with Gasteiger partial charge >= 0.3 is 12.1 Å². The number of likely N-dealkylation sites (N-methyl/N-ethyl adjacent to an activating group) is 1. The van der Waals surface area contributed by atoms with Gasteiger partial charge in [-0.1, -0.05) is 19.1 Å². The van der Waals surface area contributed by atoms with E-state index in [-0.39, 0.29) is 36.1 Å². The van der Waals surface area contributed by atoms with E-state index in [0.29, 0.717) is 17.9 Å². The summed E-state index contributed by atoms with van der Waals surface area (Å²) in [6.07, 6.45) is 1.65. The van der Waals surface area contributed by atoms with Crippen LogP contribution in [-0.2, 0) is 10.2 Å². The molecule has 1 saturated carbocycles. The van der Waals surface area contributed by atoms with E-state index >= 15 is 0 Å². The molecule has 210 valence electrons. The molecule has 0 bridgehead atoms. The van der Waals surface area contributed by atoms with Crippen molar-refractivity contribution < 1.29 is 22.8 Å². The lowest BCUT2D eigenvalue weighted by atomic mass is 9.74. The smallest absolute Gasteiger partial charge is 0.364 e. The average Bonchev–Trinajstić information content (AvgIpc) is 3.63. The van der Waals surface area contributed by atoms with Crippen molar-refractivity contribution in [1.82, 2.24) is 19.8 Å². The Morgan fingerprint density at radius 3 is 2.36 bits per heavy atom. The molecule has 5 rings (SSSR count). The van der Waals surface area contributed by atoms with Gasteiger partial charge in [-0.2, -0.15) is 13.2 Å². The van der Waals surface area contributed by atoms with Crippen molar-refractivity contribution in [3.8, 4) is 0 Å². The van der Waals surface area contributed by atoms with Crippen LogP contribution in [0.25, 0.3) is 0 Å². The highest BCUT2D eigenvalue weighted by atomic mass is 19.4. The van der Waals surface area contributed by atoms with Gasteiger partial charge in [0, 0.05) is 37.9 Å². The summed E-state index contributed by atoms with van der Waals surface area (Å²) < 4.78 is 38.5. The van der Waals surface area contributed by atoms with Crippen molar-refractivity contribution in [2.45, 2.75) is 62.7 Å². The van der Waals surface area contributed by atoms with Gasteiger partial charge in [0.25, 0.3) is 5.91 Å². The minimum absolute atomic E-state index is 0.00483. The number of piperidine rings is 1. The molecular formula is C27H34F3N7O2. The molecule has 0 spiro atoms. The number of aromatic nitrogens is 2. The minimum Gasteiger partial charge on any atom is -0.364 e. The van der Waals surface area contributed by atoms with Crippen LogP contribution in [0.15, 0.2) is 30.5 Å². The Bertz CT molecular complexity index is 1220. The minimum atomic E-state index is -4.91. The Labute approximate surface area is 225 Å². The van der Waals surface area contributed by atoms with Gasteiger partial charge in [-0.15, -0.1) is 0 Å². The van der Waals surface area contributed by atoms with E-state index in [0.717, 1.165) is 36.9 Å². The highest BCUT2D eigenvalue weighted by molar-refractivity contribution is 5.96. The summed E-state index contributed by atoms with van der Waals surface area (Å²) in [6.45, 7) is 4.44. The van der Waals surface area contributed by atoms with Crippen molar-refractivity contribution in [2.75, 3.05) is 43.4 Å².